The van der Waals surface area contributed by atoms with Crippen molar-refractivity contribution in [1.82, 2.24) is 4.98 Å². The number of aromatic nitrogens is 1. The van der Waals surface area contributed by atoms with Crippen LogP contribution in [-0.4, -0.2) is 28.8 Å². The normalized spacial score (nSPS) is 12.3. The molecule has 0 saturated carbocycles. The number of amides is 1. The van der Waals surface area contributed by atoms with E-state index in [2.05, 4.69) is 34.6 Å². The molecule has 1 heterocycles. The Morgan fingerprint density at radius 3 is 2.26 bits per heavy atom. The zero-order valence-electron chi connectivity index (χ0n) is 16.4. The van der Waals surface area contributed by atoms with E-state index in [9.17, 15) is 14.7 Å². The summed E-state index contributed by atoms with van der Waals surface area (Å²) in [5, 5.41) is 13.2. The molecule has 0 bridgehead atoms. The summed E-state index contributed by atoms with van der Waals surface area (Å²) in [7, 11) is 0. The standard InChI is InChI=1S/C25H18N2O4/c28-24(29)20-9-10-23(19-11-12-26-13-21(19)20)27-25(30)31-14-22-17-7-3-1-5-15(17)16-6-2-4-8-18(16)22/h1-13,22H,14H2,(H,27,30)(H,28,29). The smallest absolute Gasteiger partial charge is 0.411 e. The molecule has 6 heteroatoms. The van der Waals surface area contributed by atoms with Gasteiger partial charge in [-0.15, -0.1) is 0 Å². The maximum atomic E-state index is 12.6. The molecule has 0 atom stereocenters. The molecule has 0 saturated heterocycles. The average Bonchev–Trinajstić information content (AvgIpc) is 3.11. The quantitative estimate of drug-likeness (QED) is 0.477. The van der Waals surface area contributed by atoms with E-state index in [-0.39, 0.29) is 18.1 Å². The maximum Gasteiger partial charge on any atom is 0.411 e. The number of carboxylic acid groups (broad SMARTS) is 1. The van der Waals surface area contributed by atoms with Gasteiger partial charge in [0.05, 0.1) is 11.3 Å². The summed E-state index contributed by atoms with van der Waals surface area (Å²) in [6.45, 7) is 0.201. The van der Waals surface area contributed by atoms with Crippen LogP contribution in [0.3, 0.4) is 0 Å². The third-order valence-electron chi connectivity index (χ3n) is 5.63. The van der Waals surface area contributed by atoms with Crippen molar-refractivity contribution < 1.29 is 19.4 Å². The molecule has 4 aromatic rings. The Hall–Kier alpha value is -4.19. The van der Waals surface area contributed by atoms with Crippen molar-refractivity contribution in [3.8, 4) is 11.1 Å². The minimum Gasteiger partial charge on any atom is -0.478 e. The third-order valence-corrected chi connectivity index (χ3v) is 5.63. The van der Waals surface area contributed by atoms with Crippen LogP contribution in [0.5, 0.6) is 0 Å². The van der Waals surface area contributed by atoms with Gasteiger partial charge in [-0.1, -0.05) is 48.5 Å². The van der Waals surface area contributed by atoms with Crippen molar-refractivity contribution in [2.75, 3.05) is 11.9 Å². The van der Waals surface area contributed by atoms with Crippen LogP contribution >= 0.6 is 0 Å². The maximum absolute atomic E-state index is 12.6. The number of aromatic carboxylic acids is 1. The molecule has 1 aliphatic carbocycles. The lowest BCUT2D eigenvalue weighted by atomic mass is 9.98. The lowest BCUT2D eigenvalue weighted by Crippen LogP contribution is -2.18. The van der Waals surface area contributed by atoms with Crippen molar-refractivity contribution >= 4 is 28.5 Å². The number of hydrogen-bond donors (Lipinski definition) is 2. The van der Waals surface area contributed by atoms with Crippen molar-refractivity contribution in [2.24, 2.45) is 0 Å². The van der Waals surface area contributed by atoms with Gasteiger partial charge in [0.1, 0.15) is 6.61 Å². The lowest BCUT2D eigenvalue weighted by Gasteiger charge is -2.15. The molecule has 0 spiro atoms. The largest absolute Gasteiger partial charge is 0.478 e. The van der Waals surface area contributed by atoms with Gasteiger partial charge in [0, 0.05) is 29.1 Å². The van der Waals surface area contributed by atoms with Gasteiger partial charge in [-0.25, -0.2) is 9.59 Å². The number of carbonyl (C=O) groups excluding carboxylic acids is 1. The summed E-state index contributed by atoms with van der Waals surface area (Å²) in [5.41, 5.74) is 5.20. The highest BCUT2D eigenvalue weighted by molar-refractivity contribution is 6.09. The number of carboxylic acids is 1. The van der Waals surface area contributed by atoms with E-state index in [0.717, 1.165) is 22.3 Å². The van der Waals surface area contributed by atoms with Crippen molar-refractivity contribution in [3.63, 3.8) is 0 Å². The van der Waals surface area contributed by atoms with Gasteiger partial charge < -0.3 is 9.84 Å². The zero-order valence-corrected chi connectivity index (χ0v) is 16.4. The van der Waals surface area contributed by atoms with Crippen LogP contribution in [0.25, 0.3) is 21.9 Å². The highest BCUT2D eigenvalue weighted by Crippen LogP contribution is 2.44. The van der Waals surface area contributed by atoms with Crippen LogP contribution in [0.15, 0.2) is 79.1 Å². The van der Waals surface area contributed by atoms with Crippen LogP contribution < -0.4 is 5.32 Å². The highest BCUT2D eigenvalue weighted by atomic mass is 16.5. The summed E-state index contributed by atoms with van der Waals surface area (Å²) in [6.07, 6.45) is 2.43. The predicted octanol–water partition coefficient (Wildman–Crippen LogP) is 5.29. The Morgan fingerprint density at radius 1 is 0.903 bits per heavy atom. The third kappa shape index (κ3) is 3.28. The number of fused-ring (bicyclic) bond motifs is 4. The Bertz CT molecular complexity index is 1290. The zero-order chi connectivity index (χ0) is 21.4. The first-order valence-corrected chi connectivity index (χ1v) is 9.85. The van der Waals surface area contributed by atoms with E-state index in [1.807, 2.05) is 24.3 Å². The highest BCUT2D eigenvalue weighted by Gasteiger charge is 2.29. The SMILES string of the molecule is O=C(Nc1ccc(C(=O)O)c2cnccc12)OCC1c2ccccc2-c2ccccc21. The molecule has 1 aliphatic rings. The summed E-state index contributed by atoms with van der Waals surface area (Å²) in [4.78, 5) is 28.1. The average molecular weight is 410 g/mol. The van der Waals surface area contributed by atoms with E-state index >= 15 is 0 Å². The predicted molar refractivity (Wildman–Crippen MR) is 117 cm³/mol. The molecular weight excluding hydrogens is 392 g/mol. The van der Waals surface area contributed by atoms with E-state index in [1.165, 1.54) is 12.3 Å². The van der Waals surface area contributed by atoms with Gasteiger partial charge in [-0.2, -0.15) is 0 Å². The van der Waals surface area contributed by atoms with Crippen molar-refractivity contribution in [2.45, 2.75) is 5.92 Å². The fraction of sp³-hybridized carbons (Fsp3) is 0.0800. The molecule has 6 nitrogen and oxygen atoms in total. The van der Waals surface area contributed by atoms with Crippen LogP contribution in [0.1, 0.15) is 27.4 Å². The van der Waals surface area contributed by atoms with Crippen molar-refractivity contribution in [1.29, 1.82) is 0 Å². The van der Waals surface area contributed by atoms with E-state index in [1.54, 1.807) is 18.3 Å². The minimum absolute atomic E-state index is 0.0338. The molecule has 2 N–H and O–H groups in total. The molecule has 1 aromatic heterocycles. The van der Waals surface area contributed by atoms with Crippen LogP contribution in [0.2, 0.25) is 0 Å². The van der Waals surface area contributed by atoms with Crippen LogP contribution in [0.4, 0.5) is 10.5 Å². The monoisotopic (exact) mass is 410 g/mol. The number of nitrogens with one attached hydrogen (secondary N) is 1. The first-order chi connectivity index (χ1) is 15.1. The summed E-state index contributed by atoms with van der Waals surface area (Å²) < 4.78 is 5.59. The second-order valence-electron chi connectivity index (χ2n) is 7.34. The molecule has 5 rings (SSSR count). The van der Waals surface area contributed by atoms with Gasteiger partial charge in [0.2, 0.25) is 0 Å². The Balaban J connectivity index is 1.37. The fourth-order valence-corrected chi connectivity index (χ4v) is 4.23. The molecule has 0 fully saturated rings. The number of rotatable bonds is 4. The van der Waals surface area contributed by atoms with Crippen molar-refractivity contribution in [3.05, 3.63) is 95.8 Å². The van der Waals surface area contributed by atoms with Gasteiger partial charge in [0.25, 0.3) is 0 Å². The fourth-order valence-electron chi connectivity index (χ4n) is 4.23. The molecule has 0 unspecified atom stereocenters. The topological polar surface area (TPSA) is 88.5 Å². The number of ether oxygens (including phenoxy) is 1. The van der Waals surface area contributed by atoms with Gasteiger partial charge in [-0.05, 0) is 40.5 Å². The second kappa shape index (κ2) is 7.57. The summed E-state index contributed by atoms with van der Waals surface area (Å²) in [6, 6.07) is 21.0. The number of anilines is 1. The number of pyridine rings is 1. The second-order valence-corrected chi connectivity index (χ2v) is 7.34. The van der Waals surface area contributed by atoms with Gasteiger partial charge >= 0.3 is 12.1 Å². The first-order valence-electron chi connectivity index (χ1n) is 9.85. The summed E-state index contributed by atoms with van der Waals surface area (Å²) >= 11 is 0. The van der Waals surface area contributed by atoms with Gasteiger partial charge in [-0.3, -0.25) is 10.3 Å². The van der Waals surface area contributed by atoms with E-state index in [0.29, 0.717) is 16.5 Å². The number of benzene rings is 3. The molecular formula is C25H18N2O4. The number of nitrogens with zero attached hydrogens (tertiary/aromatic N) is 1. The number of hydrogen-bond acceptors (Lipinski definition) is 4. The molecule has 31 heavy (non-hydrogen) atoms. The van der Waals surface area contributed by atoms with Gasteiger partial charge in [0.15, 0.2) is 0 Å². The molecule has 3 aromatic carbocycles. The summed E-state index contributed by atoms with van der Waals surface area (Å²) in [5.74, 6) is -1.08. The molecule has 152 valence electrons. The Kier molecular flexibility index (Phi) is 4.59. The minimum atomic E-state index is -1.05. The Labute approximate surface area is 178 Å². The molecule has 0 aliphatic heterocycles. The molecule has 0 radical (unpaired) electrons. The van der Waals surface area contributed by atoms with Crippen LogP contribution in [-0.2, 0) is 4.74 Å². The molecule has 1 amide bonds. The lowest BCUT2D eigenvalue weighted by molar-refractivity contribution is 0.0699. The first kappa shape index (κ1) is 18.8. The van der Waals surface area contributed by atoms with Crippen LogP contribution in [0, 0.1) is 0 Å². The van der Waals surface area contributed by atoms with E-state index < -0.39 is 12.1 Å². The number of carbonyl (C=O) groups is 2. The Morgan fingerprint density at radius 2 is 1.58 bits per heavy atom. The van der Waals surface area contributed by atoms with E-state index in [4.69, 9.17) is 4.74 Å².